The van der Waals surface area contributed by atoms with Crippen molar-refractivity contribution in [2.45, 2.75) is 25.8 Å². The van der Waals surface area contributed by atoms with Gasteiger partial charge in [0.2, 0.25) is 5.91 Å². The first-order valence-corrected chi connectivity index (χ1v) is 8.04. The second-order valence-corrected chi connectivity index (χ2v) is 6.87. The zero-order valence-electron chi connectivity index (χ0n) is 14.5. The largest absolute Gasteiger partial charge is 0.337 e. The molecule has 0 saturated heterocycles. The standard InChI is InChI=1S/C20H22N2O2/c1-20(2)16-12-15(10-11-17(16)22(4)19(20)24)18(23)21(3)13-14-8-6-5-7-9-14/h5-12H,13H2,1-4H3. The van der Waals surface area contributed by atoms with E-state index in [-0.39, 0.29) is 11.8 Å². The number of carbonyl (C=O) groups is 2. The highest BCUT2D eigenvalue weighted by molar-refractivity contribution is 6.08. The quantitative estimate of drug-likeness (QED) is 0.870. The second kappa shape index (κ2) is 5.78. The highest BCUT2D eigenvalue weighted by Crippen LogP contribution is 2.41. The third kappa shape index (κ3) is 2.58. The Balaban J connectivity index is 1.87. The molecule has 0 atom stereocenters. The fourth-order valence-corrected chi connectivity index (χ4v) is 3.26. The summed E-state index contributed by atoms with van der Waals surface area (Å²) in [5.74, 6) is 0.0131. The molecule has 4 heteroatoms. The minimum Gasteiger partial charge on any atom is -0.337 e. The van der Waals surface area contributed by atoms with Gasteiger partial charge in [0, 0.05) is 31.9 Å². The predicted molar refractivity (Wildman–Crippen MR) is 95.1 cm³/mol. The molecular formula is C20H22N2O2. The molecule has 0 radical (unpaired) electrons. The Morgan fingerprint density at radius 1 is 1.12 bits per heavy atom. The number of likely N-dealkylation sites (N-methyl/N-ethyl adjacent to an activating group) is 1. The molecule has 0 bridgehead atoms. The summed E-state index contributed by atoms with van der Waals surface area (Å²) >= 11 is 0. The zero-order valence-corrected chi connectivity index (χ0v) is 14.5. The molecule has 0 unspecified atom stereocenters. The van der Waals surface area contributed by atoms with Gasteiger partial charge in [-0.3, -0.25) is 9.59 Å². The number of rotatable bonds is 3. The van der Waals surface area contributed by atoms with Crippen molar-refractivity contribution in [3.63, 3.8) is 0 Å². The van der Waals surface area contributed by atoms with Crippen molar-refractivity contribution >= 4 is 17.5 Å². The fraction of sp³-hybridized carbons (Fsp3) is 0.300. The van der Waals surface area contributed by atoms with Crippen molar-refractivity contribution in [1.29, 1.82) is 0 Å². The van der Waals surface area contributed by atoms with Crippen LogP contribution in [0.4, 0.5) is 5.69 Å². The molecule has 24 heavy (non-hydrogen) atoms. The van der Waals surface area contributed by atoms with Crippen LogP contribution in [0.2, 0.25) is 0 Å². The normalized spacial score (nSPS) is 15.3. The lowest BCUT2D eigenvalue weighted by Gasteiger charge is -2.19. The molecule has 1 aliphatic heterocycles. The van der Waals surface area contributed by atoms with E-state index < -0.39 is 5.41 Å². The maximum absolute atomic E-state index is 12.8. The minimum atomic E-state index is -0.599. The number of anilines is 1. The molecular weight excluding hydrogens is 300 g/mol. The Kier molecular flexibility index (Phi) is 3.91. The van der Waals surface area contributed by atoms with Crippen LogP contribution in [0, 0.1) is 0 Å². The summed E-state index contributed by atoms with van der Waals surface area (Å²) in [5.41, 5.74) is 2.90. The lowest BCUT2D eigenvalue weighted by atomic mass is 9.85. The number of benzene rings is 2. The Bertz CT molecular complexity index is 797. The highest BCUT2D eigenvalue weighted by atomic mass is 16.2. The Morgan fingerprint density at radius 3 is 2.46 bits per heavy atom. The fourth-order valence-electron chi connectivity index (χ4n) is 3.26. The smallest absolute Gasteiger partial charge is 0.253 e. The Labute approximate surface area is 142 Å². The van der Waals surface area contributed by atoms with Crippen LogP contribution < -0.4 is 4.90 Å². The van der Waals surface area contributed by atoms with E-state index in [1.165, 1.54) is 0 Å². The van der Waals surface area contributed by atoms with Gasteiger partial charge in [0.15, 0.2) is 0 Å². The molecule has 2 aromatic rings. The number of carbonyl (C=O) groups excluding carboxylic acids is 2. The van der Waals surface area contributed by atoms with Crippen LogP contribution >= 0.6 is 0 Å². The molecule has 1 heterocycles. The molecule has 4 nitrogen and oxygen atoms in total. The highest BCUT2D eigenvalue weighted by Gasteiger charge is 2.42. The van der Waals surface area contributed by atoms with Crippen LogP contribution in [-0.2, 0) is 16.8 Å². The van der Waals surface area contributed by atoms with Crippen LogP contribution in [0.3, 0.4) is 0 Å². The summed E-state index contributed by atoms with van der Waals surface area (Å²) in [7, 11) is 3.57. The first kappa shape index (κ1) is 16.2. The van der Waals surface area contributed by atoms with Gasteiger partial charge in [0.25, 0.3) is 5.91 Å². The van der Waals surface area contributed by atoms with Crippen molar-refractivity contribution in [1.82, 2.24) is 4.90 Å². The van der Waals surface area contributed by atoms with Gasteiger partial charge in [-0.2, -0.15) is 0 Å². The topological polar surface area (TPSA) is 40.6 Å². The van der Waals surface area contributed by atoms with Crippen molar-refractivity contribution in [3.05, 3.63) is 65.2 Å². The number of fused-ring (bicyclic) bond motifs is 1. The molecule has 0 aromatic heterocycles. The van der Waals surface area contributed by atoms with Crippen LogP contribution in [0.15, 0.2) is 48.5 Å². The first-order chi connectivity index (χ1) is 11.3. The molecule has 2 amide bonds. The third-order valence-corrected chi connectivity index (χ3v) is 4.73. The molecule has 2 aromatic carbocycles. The van der Waals surface area contributed by atoms with Crippen LogP contribution in [0.25, 0.3) is 0 Å². The maximum atomic E-state index is 12.8. The van der Waals surface area contributed by atoms with Crippen molar-refractivity contribution < 1.29 is 9.59 Å². The maximum Gasteiger partial charge on any atom is 0.253 e. The summed E-state index contributed by atoms with van der Waals surface area (Å²) in [6, 6.07) is 15.4. The summed E-state index contributed by atoms with van der Waals surface area (Å²) < 4.78 is 0. The van der Waals surface area contributed by atoms with Gasteiger partial charge >= 0.3 is 0 Å². The van der Waals surface area contributed by atoms with E-state index in [0.717, 1.165) is 16.8 Å². The van der Waals surface area contributed by atoms with Crippen LogP contribution in [0.5, 0.6) is 0 Å². The zero-order chi connectivity index (χ0) is 17.5. The Hall–Kier alpha value is -2.62. The van der Waals surface area contributed by atoms with Gasteiger partial charge in [0.05, 0.1) is 5.41 Å². The lowest BCUT2D eigenvalue weighted by Crippen LogP contribution is -2.33. The molecule has 3 rings (SSSR count). The number of nitrogens with zero attached hydrogens (tertiary/aromatic N) is 2. The SMILES string of the molecule is CN(Cc1ccccc1)C(=O)c1ccc2c(c1)C(C)(C)C(=O)N2C. The average Bonchev–Trinajstić information content (AvgIpc) is 2.75. The van der Waals surface area contributed by atoms with Crippen molar-refractivity contribution in [3.8, 4) is 0 Å². The number of hydrogen-bond donors (Lipinski definition) is 0. The van der Waals surface area contributed by atoms with Crippen LogP contribution in [-0.4, -0.2) is 30.8 Å². The van der Waals surface area contributed by atoms with Gasteiger partial charge in [0.1, 0.15) is 0 Å². The molecule has 0 aliphatic carbocycles. The van der Waals surface area contributed by atoms with Gasteiger partial charge in [-0.25, -0.2) is 0 Å². The number of amides is 2. The molecule has 0 N–H and O–H groups in total. The van der Waals surface area contributed by atoms with Crippen LogP contribution in [0.1, 0.15) is 35.3 Å². The lowest BCUT2D eigenvalue weighted by molar-refractivity contribution is -0.121. The third-order valence-electron chi connectivity index (χ3n) is 4.73. The second-order valence-electron chi connectivity index (χ2n) is 6.87. The summed E-state index contributed by atoms with van der Waals surface area (Å²) in [4.78, 5) is 28.5. The first-order valence-electron chi connectivity index (χ1n) is 8.04. The van der Waals surface area contributed by atoms with E-state index in [4.69, 9.17) is 0 Å². The van der Waals surface area contributed by atoms with Crippen molar-refractivity contribution in [2.75, 3.05) is 19.0 Å². The summed E-state index contributed by atoms with van der Waals surface area (Å²) in [6.07, 6.45) is 0. The molecule has 124 valence electrons. The number of hydrogen-bond acceptors (Lipinski definition) is 2. The molecule has 1 aliphatic rings. The van der Waals surface area contributed by atoms with Gasteiger partial charge in [-0.05, 0) is 43.2 Å². The van der Waals surface area contributed by atoms with E-state index in [9.17, 15) is 9.59 Å². The monoisotopic (exact) mass is 322 g/mol. The van der Waals surface area contributed by atoms with E-state index in [1.54, 1.807) is 30.0 Å². The predicted octanol–water partition coefficient (Wildman–Crippen LogP) is 3.21. The van der Waals surface area contributed by atoms with Gasteiger partial charge in [-0.15, -0.1) is 0 Å². The Morgan fingerprint density at radius 2 is 1.79 bits per heavy atom. The van der Waals surface area contributed by atoms with E-state index in [1.807, 2.05) is 56.3 Å². The van der Waals surface area contributed by atoms with E-state index in [0.29, 0.717) is 12.1 Å². The minimum absolute atomic E-state index is 0.0422. The van der Waals surface area contributed by atoms with Crippen molar-refractivity contribution in [2.24, 2.45) is 0 Å². The van der Waals surface area contributed by atoms with Gasteiger partial charge < -0.3 is 9.80 Å². The van der Waals surface area contributed by atoms with E-state index >= 15 is 0 Å². The molecule has 0 fully saturated rings. The van der Waals surface area contributed by atoms with Gasteiger partial charge in [-0.1, -0.05) is 30.3 Å². The molecule has 0 saturated carbocycles. The van der Waals surface area contributed by atoms with E-state index in [2.05, 4.69) is 0 Å². The molecule has 0 spiro atoms. The average molecular weight is 322 g/mol. The summed E-state index contributed by atoms with van der Waals surface area (Å²) in [6.45, 7) is 4.36. The summed E-state index contributed by atoms with van der Waals surface area (Å²) in [5, 5.41) is 0.